The first-order valence-corrected chi connectivity index (χ1v) is 9.01. The molecule has 132 valence electrons. The van der Waals surface area contributed by atoms with Gasteiger partial charge in [0.2, 0.25) is 12.7 Å². The van der Waals surface area contributed by atoms with Crippen molar-refractivity contribution in [3.63, 3.8) is 0 Å². The van der Waals surface area contributed by atoms with Crippen LogP contribution in [0, 0.1) is 6.92 Å². The molecule has 1 amide bonds. The van der Waals surface area contributed by atoms with Gasteiger partial charge in [-0.2, -0.15) is 0 Å². The fourth-order valence-corrected chi connectivity index (χ4v) is 3.28. The van der Waals surface area contributed by atoms with Crippen molar-refractivity contribution in [2.75, 3.05) is 25.2 Å². The number of carbonyl (C=O) groups is 1. The van der Waals surface area contributed by atoms with Gasteiger partial charge in [-0.25, -0.2) is 0 Å². The summed E-state index contributed by atoms with van der Waals surface area (Å²) in [6.45, 7) is 6.10. The third kappa shape index (κ3) is 4.52. The molecule has 25 heavy (non-hydrogen) atoms. The molecule has 1 heterocycles. The number of hydrogen-bond donors (Lipinski definition) is 1. The van der Waals surface area contributed by atoms with Crippen LogP contribution in [0.5, 0.6) is 11.5 Å². The lowest BCUT2D eigenvalue weighted by atomic mass is 10.2. The zero-order valence-electron chi connectivity index (χ0n) is 14.3. The minimum Gasteiger partial charge on any atom is -0.454 e. The highest BCUT2D eigenvalue weighted by atomic mass is 79.9. The fraction of sp³-hybridized carbons (Fsp3) is 0.316. The molecule has 0 fully saturated rings. The SMILES string of the molecule is CCN(CC(=O)Nc1ccc(C)cc1Br)Cc1ccc2c(c1)OCO2. The van der Waals surface area contributed by atoms with Crippen molar-refractivity contribution in [1.82, 2.24) is 4.90 Å². The molecule has 5 nitrogen and oxygen atoms in total. The highest BCUT2D eigenvalue weighted by Crippen LogP contribution is 2.32. The van der Waals surface area contributed by atoms with Crippen LogP contribution in [-0.2, 0) is 11.3 Å². The van der Waals surface area contributed by atoms with E-state index in [2.05, 4.69) is 26.1 Å². The Morgan fingerprint density at radius 2 is 2.00 bits per heavy atom. The fourth-order valence-electron chi connectivity index (χ4n) is 2.69. The van der Waals surface area contributed by atoms with Crippen LogP contribution in [0.25, 0.3) is 0 Å². The van der Waals surface area contributed by atoms with Crippen LogP contribution >= 0.6 is 15.9 Å². The zero-order chi connectivity index (χ0) is 17.8. The minimum absolute atomic E-state index is 0.0350. The van der Waals surface area contributed by atoms with Gasteiger partial charge in [0, 0.05) is 11.0 Å². The molecule has 0 saturated carbocycles. The van der Waals surface area contributed by atoms with Gasteiger partial charge in [-0.3, -0.25) is 9.69 Å². The molecule has 6 heteroatoms. The lowest BCUT2D eigenvalue weighted by molar-refractivity contribution is -0.117. The van der Waals surface area contributed by atoms with E-state index in [1.54, 1.807) is 0 Å². The zero-order valence-corrected chi connectivity index (χ0v) is 15.9. The quantitative estimate of drug-likeness (QED) is 0.791. The molecular formula is C19H21BrN2O3. The number of carbonyl (C=O) groups excluding carboxylic acids is 1. The molecule has 0 bridgehead atoms. The Balaban J connectivity index is 1.60. The normalized spacial score (nSPS) is 12.5. The Morgan fingerprint density at radius 3 is 2.76 bits per heavy atom. The summed E-state index contributed by atoms with van der Waals surface area (Å²) >= 11 is 3.49. The Kier molecular flexibility index (Phi) is 5.60. The Morgan fingerprint density at radius 1 is 1.20 bits per heavy atom. The number of likely N-dealkylation sites (N-methyl/N-ethyl adjacent to an activating group) is 1. The first-order chi connectivity index (χ1) is 12.0. The van der Waals surface area contributed by atoms with Crippen molar-refractivity contribution in [2.24, 2.45) is 0 Å². The summed E-state index contributed by atoms with van der Waals surface area (Å²) in [6.07, 6.45) is 0. The van der Waals surface area contributed by atoms with Crippen LogP contribution in [0.2, 0.25) is 0 Å². The summed E-state index contributed by atoms with van der Waals surface area (Å²) in [4.78, 5) is 14.5. The summed E-state index contributed by atoms with van der Waals surface area (Å²) in [7, 11) is 0. The van der Waals surface area contributed by atoms with Crippen molar-refractivity contribution < 1.29 is 14.3 Å². The number of amides is 1. The van der Waals surface area contributed by atoms with Gasteiger partial charge >= 0.3 is 0 Å². The smallest absolute Gasteiger partial charge is 0.238 e. The number of benzene rings is 2. The number of nitrogens with one attached hydrogen (secondary N) is 1. The van der Waals surface area contributed by atoms with Crippen molar-refractivity contribution in [3.05, 3.63) is 52.0 Å². The molecule has 1 aliphatic rings. The van der Waals surface area contributed by atoms with Crippen molar-refractivity contribution in [3.8, 4) is 11.5 Å². The topological polar surface area (TPSA) is 50.8 Å². The summed E-state index contributed by atoms with van der Waals surface area (Å²) in [6, 6.07) is 11.8. The number of aryl methyl sites for hydroxylation is 1. The molecule has 0 unspecified atom stereocenters. The van der Waals surface area contributed by atoms with Crippen molar-refractivity contribution in [2.45, 2.75) is 20.4 Å². The van der Waals surface area contributed by atoms with E-state index in [9.17, 15) is 4.79 Å². The largest absolute Gasteiger partial charge is 0.454 e. The number of anilines is 1. The molecule has 3 rings (SSSR count). The van der Waals surface area contributed by atoms with E-state index < -0.39 is 0 Å². The van der Waals surface area contributed by atoms with Crippen molar-refractivity contribution >= 4 is 27.5 Å². The van der Waals surface area contributed by atoms with Gasteiger partial charge in [0.1, 0.15) is 0 Å². The molecule has 0 atom stereocenters. The van der Waals surface area contributed by atoms with Crippen LogP contribution in [-0.4, -0.2) is 30.7 Å². The van der Waals surface area contributed by atoms with Gasteiger partial charge in [-0.15, -0.1) is 0 Å². The minimum atomic E-state index is -0.0350. The molecular weight excluding hydrogens is 384 g/mol. The van der Waals surface area contributed by atoms with Gasteiger partial charge in [-0.05, 0) is 64.8 Å². The molecule has 0 aliphatic carbocycles. The summed E-state index contributed by atoms with van der Waals surface area (Å²) in [5.41, 5.74) is 3.02. The maximum Gasteiger partial charge on any atom is 0.238 e. The molecule has 0 saturated heterocycles. The summed E-state index contributed by atoms with van der Waals surface area (Å²) < 4.78 is 11.6. The maximum atomic E-state index is 12.4. The molecule has 1 aliphatic heterocycles. The number of rotatable bonds is 6. The number of halogens is 1. The molecule has 2 aromatic carbocycles. The first-order valence-electron chi connectivity index (χ1n) is 8.22. The number of fused-ring (bicyclic) bond motifs is 1. The van der Waals surface area contributed by atoms with E-state index in [0.717, 1.165) is 39.3 Å². The van der Waals surface area contributed by atoms with E-state index in [1.165, 1.54) is 0 Å². The lowest BCUT2D eigenvalue weighted by Gasteiger charge is -2.20. The van der Waals surface area contributed by atoms with E-state index >= 15 is 0 Å². The highest BCUT2D eigenvalue weighted by Gasteiger charge is 2.16. The summed E-state index contributed by atoms with van der Waals surface area (Å²) in [5, 5.41) is 2.96. The predicted octanol–water partition coefficient (Wildman–Crippen LogP) is 3.95. The van der Waals surface area contributed by atoms with Crippen LogP contribution < -0.4 is 14.8 Å². The Bertz CT molecular complexity index is 779. The van der Waals surface area contributed by atoms with Crippen LogP contribution in [0.3, 0.4) is 0 Å². The second-order valence-corrected chi connectivity index (χ2v) is 6.88. The maximum absolute atomic E-state index is 12.4. The highest BCUT2D eigenvalue weighted by molar-refractivity contribution is 9.10. The van der Waals surface area contributed by atoms with Gasteiger partial charge in [0.05, 0.1) is 12.2 Å². The molecule has 1 N–H and O–H groups in total. The van der Waals surface area contributed by atoms with E-state index in [4.69, 9.17) is 9.47 Å². The Hall–Kier alpha value is -2.05. The van der Waals surface area contributed by atoms with Crippen LogP contribution in [0.4, 0.5) is 5.69 Å². The monoisotopic (exact) mass is 404 g/mol. The van der Waals surface area contributed by atoms with E-state index in [0.29, 0.717) is 13.1 Å². The average molecular weight is 405 g/mol. The number of hydrogen-bond acceptors (Lipinski definition) is 4. The van der Waals surface area contributed by atoms with E-state index in [-0.39, 0.29) is 12.7 Å². The first kappa shape index (κ1) is 17.8. The second kappa shape index (κ2) is 7.89. The van der Waals surface area contributed by atoms with Crippen LogP contribution in [0.1, 0.15) is 18.1 Å². The molecule has 0 aromatic heterocycles. The number of ether oxygens (including phenoxy) is 2. The van der Waals surface area contributed by atoms with Gasteiger partial charge < -0.3 is 14.8 Å². The van der Waals surface area contributed by atoms with E-state index in [1.807, 2.05) is 50.2 Å². The lowest BCUT2D eigenvalue weighted by Crippen LogP contribution is -2.32. The average Bonchev–Trinajstić information content (AvgIpc) is 3.04. The predicted molar refractivity (Wildman–Crippen MR) is 101 cm³/mol. The van der Waals surface area contributed by atoms with Gasteiger partial charge in [0.25, 0.3) is 0 Å². The summed E-state index contributed by atoms with van der Waals surface area (Å²) in [5.74, 6) is 1.50. The van der Waals surface area contributed by atoms with Gasteiger partial charge in [-0.1, -0.05) is 19.1 Å². The second-order valence-electron chi connectivity index (χ2n) is 6.02. The number of nitrogens with zero attached hydrogens (tertiary/aromatic N) is 1. The molecule has 0 spiro atoms. The molecule has 0 radical (unpaired) electrons. The van der Waals surface area contributed by atoms with Crippen molar-refractivity contribution in [1.29, 1.82) is 0 Å². The standard InChI is InChI=1S/C19H21BrN2O3/c1-3-22(10-14-5-7-17-18(9-14)25-12-24-17)11-19(23)21-16-6-4-13(2)8-15(16)20/h4-9H,3,10-12H2,1-2H3,(H,21,23). The third-order valence-corrected chi connectivity index (χ3v) is 4.71. The van der Waals surface area contributed by atoms with Crippen LogP contribution in [0.15, 0.2) is 40.9 Å². The third-order valence-electron chi connectivity index (χ3n) is 4.06. The molecule has 2 aromatic rings. The Labute approximate surface area is 156 Å². The van der Waals surface area contributed by atoms with Gasteiger partial charge in [0.15, 0.2) is 11.5 Å².